The summed E-state index contributed by atoms with van der Waals surface area (Å²) in [6.07, 6.45) is 1.79. The SMILES string of the molecule is CC(=O)C1=C(O)C(C(C)C)[C@@]2(C)C[C@@]3(C)Cc4c(C(C)C)cc(C5CCOCC5)c(O)c4C(=O)C3=C(O)[C@@]2(O)C1=O. The zero-order chi connectivity index (χ0) is 30.4. The molecule has 4 N–H and O–H groups in total. The number of aromatic hydroxyl groups is 1. The van der Waals surface area contributed by atoms with Gasteiger partial charge < -0.3 is 25.2 Å². The Balaban J connectivity index is 1.80. The molecule has 1 aliphatic heterocycles. The molecule has 8 heteroatoms. The van der Waals surface area contributed by atoms with Crippen LogP contribution in [0.15, 0.2) is 28.7 Å². The highest BCUT2D eigenvalue weighted by molar-refractivity contribution is 6.25. The second-order valence-electron chi connectivity index (χ2n) is 13.8. The summed E-state index contributed by atoms with van der Waals surface area (Å²) in [4.78, 5) is 40.9. The lowest BCUT2D eigenvalue weighted by Crippen LogP contribution is -2.67. The number of carbonyl (C=O) groups excluding carboxylic acids is 3. The number of fused-ring (bicyclic) bond motifs is 3. The fraction of sp³-hybridized carbons (Fsp3) is 0.606. The summed E-state index contributed by atoms with van der Waals surface area (Å²) in [6, 6.07) is 2.01. The molecular formula is C33H42O8. The first-order chi connectivity index (χ1) is 19.0. The van der Waals surface area contributed by atoms with Gasteiger partial charge in [-0.2, -0.15) is 0 Å². The fourth-order valence-corrected chi connectivity index (χ4v) is 8.68. The van der Waals surface area contributed by atoms with E-state index >= 15 is 0 Å². The maximum Gasteiger partial charge on any atom is 0.209 e. The van der Waals surface area contributed by atoms with E-state index in [9.17, 15) is 34.8 Å². The average Bonchev–Trinajstić information content (AvgIpc) is 2.86. The molecule has 0 saturated carbocycles. The normalized spacial score (nSPS) is 32.4. The third kappa shape index (κ3) is 3.82. The lowest BCUT2D eigenvalue weighted by Gasteiger charge is -2.59. The molecule has 0 aromatic heterocycles. The number of ketones is 3. The number of phenolic OH excluding ortho intramolecular Hbond substituents is 1. The third-order valence-corrected chi connectivity index (χ3v) is 10.4. The summed E-state index contributed by atoms with van der Waals surface area (Å²) >= 11 is 0. The van der Waals surface area contributed by atoms with Crippen LogP contribution in [0.5, 0.6) is 5.75 Å². The van der Waals surface area contributed by atoms with Crippen LogP contribution in [0.3, 0.4) is 0 Å². The number of hydrogen-bond acceptors (Lipinski definition) is 8. The number of hydrogen-bond donors (Lipinski definition) is 4. The lowest BCUT2D eigenvalue weighted by molar-refractivity contribution is -0.171. The van der Waals surface area contributed by atoms with E-state index in [0.717, 1.165) is 12.5 Å². The molecule has 5 rings (SSSR count). The van der Waals surface area contributed by atoms with Crippen molar-refractivity contribution in [1.29, 1.82) is 0 Å². The Morgan fingerprint density at radius 1 is 1.05 bits per heavy atom. The molecule has 3 aliphatic carbocycles. The number of phenols is 1. The van der Waals surface area contributed by atoms with E-state index in [2.05, 4.69) is 0 Å². The van der Waals surface area contributed by atoms with Gasteiger partial charge in [0, 0.05) is 35.5 Å². The van der Waals surface area contributed by atoms with Crippen molar-refractivity contribution in [2.24, 2.45) is 22.7 Å². The van der Waals surface area contributed by atoms with Crippen molar-refractivity contribution in [2.45, 2.75) is 91.6 Å². The highest BCUT2D eigenvalue weighted by Crippen LogP contribution is 2.65. The van der Waals surface area contributed by atoms with Crippen LogP contribution < -0.4 is 0 Å². The van der Waals surface area contributed by atoms with Crippen LogP contribution in [0, 0.1) is 22.7 Å². The Kier molecular flexibility index (Phi) is 6.86. The molecule has 41 heavy (non-hydrogen) atoms. The van der Waals surface area contributed by atoms with Gasteiger partial charge >= 0.3 is 0 Å². The maximum absolute atomic E-state index is 14.5. The van der Waals surface area contributed by atoms with Gasteiger partial charge in [0.15, 0.2) is 17.2 Å². The monoisotopic (exact) mass is 566 g/mol. The second-order valence-corrected chi connectivity index (χ2v) is 13.8. The number of aliphatic hydroxyl groups is 3. The number of aliphatic hydroxyl groups excluding tert-OH is 2. The first kappa shape index (κ1) is 29.5. The van der Waals surface area contributed by atoms with Crippen molar-refractivity contribution in [2.75, 3.05) is 13.2 Å². The second kappa shape index (κ2) is 9.53. The Labute approximate surface area is 241 Å². The van der Waals surface area contributed by atoms with Crippen LogP contribution in [0.1, 0.15) is 107 Å². The molecule has 222 valence electrons. The predicted molar refractivity (Wildman–Crippen MR) is 152 cm³/mol. The van der Waals surface area contributed by atoms with Crippen LogP contribution in [0.4, 0.5) is 0 Å². The van der Waals surface area contributed by atoms with E-state index in [1.54, 1.807) is 6.92 Å². The van der Waals surface area contributed by atoms with Crippen molar-refractivity contribution in [3.05, 3.63) is 51.0 Å². The standard InChI is InChI=1S/C33H42O8/c1-15(2)19-12-20(18-8-10-41-11-9-18)26(35)23-21(19)13-31(6)14-32(7)24(16(3)4)27(36)22(17(5)34)29(38)33(32,40)30(39)25(31)28(23)37/h12,15-16,18,24,35-36,39-40H,8-11,13-14H2,1-7H3/t24?,31-,32-,33+/m1/s1. The van der Waals surface area contributed by atoms with Crippen LogP contribution in [-0.4, -0.2) is 56.6 Å². The highest BCUT2D eigenvalue weighted by Gasteiger charge is 2.71. The summed E-state index contributed by atoms with van der Waals surface area (Å²) in [5.74, 6) is -4.83. The van der Waals surface area contributed by atoms with E-state index < -0.39 is 51.0 Å². The molecule has 0 amide bonds. The largest absolute Gasteiger partial charge is 0.511 e. The summed E-state index contributed by atoms with van der Waals surface area (Å²) in [5, 5.41) is 47.0. The summed E-state index contributed by atoms with van der Waals surface area (Å²) in [7, 11) is 0. The van der Waals surface area contributed by atoms with E-state index in [1.165, 1.54) is 0 Å². The molecule has 1 saturated heterocycles. The van der Waals surface area contributed by atoms with Crippen molar-refractivity contribution >= 4 is 17.3 Å². The maximum atomic E-state index is 14.5. The van der Waals surface area contributed by atoms with Gasteiger partial charge in [0.2, 0.25) is 5.78 Å². The first-order valence-electron chi connectivity index (χ1n) is 14.7. The van der Waals surface area contributed by atoms with Crippen molar-refractivity contribution in [1.82, 2.24) is 0 Å². The summed E-state index contributed by atoms with van der Waals surface area (Å²) < 4.78 is 5.52. The van der Waals surface area contributed by atoms with E-state index in [1.807, 2.05) is 40.7 Å². The predicted octanol–water partition coefficient (Wildman–Crippen LogP) is 5.36. The van der Waals surface area contributed by atoms with Crippen LogP contribution in [0.2, 0.25) is 0 Å². The Hall–Kier alpha value is -2.97. The summed E-state index contributed by atoms with van der Waals surface area (Å²) in [5.41, 5.74) is -3.28. The number of carbonyl (C=O) groups is 3. The smallest absolute Gasteiger partial charge is 0.209 e. The van der Waals surface area contributed by atoms with E-state index in [-0.39, 0.29) is 53.2 Å². The molecule has 1 unspecified atom stereocenters. The van der Waals surface area contributed by atoms with Crippen molar-refractivity contribution in [3.63, 3.8) is 0 Å². The minimum atomic E-state index is -2.61. The number of Topliss-reactive ketones (excluding diaryl/α,β-unsaturated/α-hetero) is 3. The number of rotatable bonds is 4. The van der Waals surface area contributed by atoms with Gasteiger partial charge in [-0.3, -0.25) is 14.4 Å². The van der Waals surface area contributed by atoms with Gasteiger partial charge in [0.05, 0.1) is 5.56 Å². The van der Waals surface area contributed by atoms with Crippen molar-refractivity contribution in [3.8, 4) is 5.75 Å². The lowest BCUT2D eigenvalue weighted by atomic mass is 9.44. The van der Waals surface area contributed by atoms with Gasteiger partial charge in [-0.15, -0.1) is 0 Å². The third-order valence-electron chi connectivity index (χ3n) is 10.4. The molecule has 4 aliphatic rings. The van der Waals surface area contributed by atoms with Crippen LogP contribution >= 0.6 is 0 Å². The quantitative estimate of drug-likeness (QED) is 0.357. The minimum absolute atomic E-state index is 0.00651. The Morgan fingerprint density at radius 2 is 1.66 bits per heavy atom. The molecular weight excluding hydrogens is 524 g/mol. The molecule has 1 heterocycles. The number of benzene rings is 1. The molecule has 0 bridgehead atoms. The zero-order valence-corrected chi connectivity index (χ0v) is 25.1. The highest BCUT2D eigenvalue weighted by atomic mass is 16.5. The summed E-state index contributed by atoms with van der Waals surface area (Å²) in [6.45, 7) is 13.5. The van der Waals surface area contributed by atoms with E-state index in [0.29, 0.717) is 37.2 Å². The van der Waals surface area contributed by atoms with Crippen LogP contribution in [0.25, 0.3) is 0 Å². The fourth-order valence-electron chi connectivity index (χ4n) is 8.68. The Bertz CT molecular complexity index is 1420. The first-order valence-corrected chi connectivity index (χ1v) is 14.7. The molecule has 1 aromatic carbocycles. The molecule has 4 atom stereocenters. The molecule has 0 radical (unpaired) electrons. The molecule has 1 aromatic rings. The van der Waals surface area contributed by atoms with E-state index in [4.69, 9.17) is 4.74 Å². The average molecular weight is 567 g/mol. The number of ether oxygens (including phenoxy) is 1. The Morgan fingerprint density at radius 3 is 2.20 bits per heavy atom. The molecule has 8 nitrogen and oxygen atoms in total. The molecule has 1 fully saturated rings. The van der Waals surface area contributed by atoms with Gasteiger partial charge in [0.1, 0.15) is 22.8 Å². The van der Waals surface area contributed by atoms with Crippen molar-refractivity contribution < 1.29 is 39.5 Å². The van der Waals surface area contributed by atoms with Gasteiger partial charge in [-0.25, -0.2) is 0 Å². The minimum Gasteiger partial charge on any atom is -0.511 e. The molecule has 0 spiro atoms. The van der Waals surface area contributed by atoms with Gasteiger partial charge in [-0.1, -0.05) is 47.6 Å². The van der Waals surface area contributed by atoms with Gasteiger partial charge in [0.25, 0.3) is 0 Å². The topological polar surface area (TPSA) is 141 Å². The number of allylic oxidation sites excluding steroid dienone is 2. The van der Waals surface area contributed by atoms with Gasteiger partial charge in [-0.05, 0) is 67.1 Å². The zero-order valence-electron chi connectivity index (χ0n) is 25.1. The van der Waals surface area contributed by atoms with Crippen LogP contribution in [-0.2, 0) is 20.7 Å².